The Kier molecular flexibility index (Phi) is 2.52. The number of halogens is 1. The van der Waals surface area contributed by atoms with E-state index >= 15 is 0 Å². The summed E-state index contributed by atoms with van der Waals surface area (Å²) >= 11 is 0. The van der Waals surface area contributed by atoms with E-state index in [1.807, 2.05) is 30.3 Å². The number of hydrogen-bond acceptors (Lipinski definition) is 2. The van der Waals surface area contributed by atoms with Crippen molar-refractivity contribution in [3.8, 4) is 0 Å². The standard InChI is InChI=1S/C18H13FO2/c19-14-8-4-5-12-11-15(21-16(12)14)17(20)18(9-10-18)13-6-2-1-3-7-13/h1-8,11H,9-10H2. The van der Waals surface area contributed by atoms with Crippen molar-refractivity contribution in [1.29, 1.82) is 0 Å². The first-order valence-electron chi connectivity index (χ1n) is 6.99. The van der Waals surface area contributed by atoms with Crippen molar-refractivity contribution in [2.75, 3.05) is 0 Å². The van der Waals surface area contributed by atoms with Crippen LogP contribution in [0.3, 0.4) is 0 Å². The molecule has 0 aliphatic heterocycles. The van der Waals surface area contributed by atoms with E-state index in [4.69, 9.17) is 4.42 Å². The van der Waals surface area contributed by atoms with Gasteiger partial charge in [-0.05, 0) is 30.5 Å². The summed E-state index contributed by atoms with van der Waals surface area (Å²) in [6.07, 6.45) is 1.63. The van der Waals surface area contributed by atoms with Crippen LogP contribution >= 0.6 is 0 Å². The highest BCUT2D eigenvalue weighted by molar-refractivity contribution is 6.06. The van der Waals surface area contributed by atoms with Gasteiger partial charge in [-0.3, -0.25) is 4.79 Å². The minimum Gasteiger partial charge on any atom is -0.450 e. The van der Waals surface area contributed by atoms with E-state index in [-0.39, 0.29) is 17.1 Å². The van der Waals surface area contributed by atoms with Crippen molar-refractivity contribution in [3.05, 3.63) is 71.7 Å². The van der Waals surface area contributed by atoms with Gasteiger partial charge in [-0.15, -0.1) is 0 Å². The van der Waals surface area contributed by atoms with Crippen LogP contribution in [0.25, 0.3) is 11.0 Å². The van der Waals surface area contributed by atoms with E-state index < -0.39 is 11.2 Å². The Labute approximate surface area is 121 Å². The fraction of sp³-hybridized carbons (Fsp3) is 0.167. The van der Waals surface area contributed by atoms with E-state index in [2.05, 4.69) is 0 Å². The van der Waals surface area contributed by atoms with Gasteiger partial charge >= 0.3 is 0 Å². The van der Waals surface area contributed by atoms with Crippen molar-refractivity contribution in [2.45, 2.75) is 18.3 Å². The molecule has 3 aromatic rings. The first-order valence-corrected chi connectivity index (χ1v) is 6.99. The molecule has 0 bridgehead atoms. The zero-order valence-corrected chi connectivity index (χ0v) is 11.3. The second-order valence-corrected chi connectivity index (χ2v) is 5.55. The van der Waals surface area contributed by atoms with Crippen molar-refractivity contribution < 1.29 is 13.6 Å². The second kappa shape index (κ2) is 4.29. The maximum Gasteiger partial charge on any atom is 0.208 e. The Balaban J connectivity index is 1.79. The lowest BCUT2D eigenvalue weighted by Crippen LogP contribution is -2.19. The number of furan rings is 1. The van der Waals surface area contributed by atoms with Gasteiger partial charge < -0.3 is 4.42 Å². The summed E-state index contributed by atoms with van der Waals surface area (Å²) in [6, 6.07) is 16.1. The lowest BCUT2D eigenvalue weighted by molar-refractivity contribution is 0.0920. The van der Waals surface area contributed by atoms with Crippen LogP contribution in [0.2, 0.25) is 0 Å². The number of para-hydroxylation sites is 1. The van der Waals surface area contributed by atoms with Crippen molar-refractivity contribution >= 4 is 16.8 Å². The van der Waals surface area contributed by atoms with Crippen LogP contribution in [0, 0.1) is 5.82 Å². The molecule has 1 fully saturated rings. The molecule has 3 heteroatoms. The summed E-state index contributed by atoms with van der Waals surface area (Å²) in [5.74, 6) is -0.239. The third-order valence-electron chi connectivity index (χ3n) is 4.23. The van der Waals surface area contributed by atoms with Gasteiger partial charge in [0.05, 0.1) is 5.41 Å². The molecule has 104 valence electrons. The number of rotatable bonds is 3. The molecular formula is C18H13FO2. The molecule has 1 aliphatic carbocycles. The van der Waals surface area contributed by atoms with Gasteiger partial charge in [-0.1, -0.05) is 42.5 Å². The van der Waals surface area contributed by atoms with Crippen molar-refractivity contribution in [1.82, 2.24) is 0 Å². The minimum absolute atomic E-state index is 0.0516. The fourth-order valence-electron chi connectivity index (χ4n) is 2.90. The number of benzene rings is 2. The molecular weight excluding hydrogens is 267 g/mol. The van der Waals surface area contributed by atoms with E-state index in [1.54, 1.807) is 18.2 Å². The Hall–Kier alpha value is -2.42. The van der Waals surface area contributed by atoms with Crippen LogP contribution in [0.4, 0.5) is 4.39 Å². The highest BCUT2D eigenvalue weighted by Gasteiger charge is 2.52. The molecule has 1 aromatic heterocycles. The third kappa shape index (κ3) is 1.81. The minimum atomic E-state index is -0.481. The first-order chi connectivity index (χ1) is 10.2. The molecule has 0 spiro atoms. The van der Waals surface area contributed by atoms with E-state index in [0.717, 1.165) is 18.4 Å². The molecule has 0 N–H and O–H groups in total. The fourth-order valence-corrected chi connectivity index (χ4v) is 2.90. The maximum atomic E-state index is 13.7. The summed E-state index contributed by atoms with van der Waals surface area (Å²) in [5, 5.41) is 0.627. The molecule has 2 nitrogen and oxygen atoms in total. The number of carbonyl (C=O) groups excluding carboxylic acids is 1. The Morgan fingerprint density at radius 1 is 1.05 bits per heavy atom. The number of carbonyl (C=O) groups is 1. The highest BCUT2D eigenvalue weighted by Crippen LogP contribution is 2.50. The largest absolute Gasteiger partial charge is 0.450 e. The number of hydrogen-bond donors (Lipinski definition) is 0. The second-order valence-electron chi connectivity index (χ2n) is 5.55. The number of Topliss-reactive ketones (excluding diaryl/α,β-unsaturated/α-hetero) is 1. The predicted molar refractivity (Wildman–Crippen MR) is 77.9 cm³/mol. The summed E-state index contributed by atoms with van der Waals surface area (Å²) in [7, 11) is 0. The molecule has 2 aromatic carbocycles. The molecule has 0 unspecified atom stereocenters. The van der Waals surface area contributed by atoms with Gasteiger partial charge in [0.25, 0.3) is 0 Å². The molecule has 0 saturated heterocycles. The Bertz CT molecular complexity index is 829. The van der Waals surface area contributed by atoms with Crippen molar-refractivity contribution in [2.24, 2.45) is 0 Å². The molecule has 21 heavy (non-hydrogen) atoms. The number of fused-ring (bicyclic) bond motifs is 1. The third-order valence-corrected chi connectivity index (χ3v) is 4.23. The van der Waals surface area contributed by atoms with Gasteiger partial charge in [-0.25, -0.2) is 4.39 Å². The normalized spacial score (nSPS) is 16.0. The molecule has 0 radical (unpaired) electrons. The quantitative estimate of drug-likeness (QED) is 0.662. The van der Waals surface area contributed by atoms with Gasteiger partial charge in [0.15, 0.2) is 17.2 Å². The van der Waals surface area contributed by atoms with Gasteiger partial charge in [0.1, 0.15) is 0 Å². The predicted octanol–water partition coefficient (Wildman–Crippen LogP) is 4.49. The molecule has 0 amide bonds. The molecule has 1 heterocycles. The molecule has 0 atom stereocenters. The monoisotopic (exact) mass is 280 g/mol. The molecule has 1 aliphatic rings. The highest BCUT2D eigenvalue weighted by atomic mass is 19.1. The van der Waals surface area contributed by atoms with E-state index in [0.29, 0.717) is 5.39 Å². The van der Waals surface area contributed by atoms with E-state index in [1.165, 1.54) is 6.07 Å². The van der Waals surface area contributed by atoms with Crippen LogP contribution in [-0.4, -0.2) is 5.78 Å². The van der Waals surface area contributed by atoms with Crippen LogP contribution in [0.5, 0.6) is 0 Å². The summed E-state index contributed by atoms with van der Waals surface area (Å²) in [5.41, 5.74) is 0.687. The van der Waals surface area contributed by atoms with Crippen LogP contribution in [0.1, 0.15) is 29.0 Å². The average Bonchev–Trinajstić information content (AvgIpc) is 3.21. The van der Waals surface area contributed by atoms with Gasteiger partial charge in [0, 0.05) is 5.39 Å². The lowest BCUT2D eigenvalue weighted by Gasteiger charge is -2.12. The van der Waals surface area contributed by atoms with Crippen LogP contribution in [-0.2, 0) is 5.41 Å². The average molecular weight is 280 g/mol. The first kappa shape index (κ1) is 12.3. The molecule has 4 rings (SSSR count). The van der Waals surface area contributed by atoms with Gasteiger partial charge in [0.2, 0.25) is 5.78 Å². The Morgan fingerprint density at radius 2 is 1.81 bits per heavy atom. The van der Waals surface area contributed by atoms with Crippen molar-refractivity contribution in [3.63, 3.8) is 0 Å². The zero-order valence-electron chi connectivity index (χ0n) is 11.3. The van der Waals surface area contributed by atoms with Crippen LogP contribution < -0.4 is 0 Å². The summed E-state index contributed by atoms with van der Waals surface area (Å²) in [4.78, 5) is 12.8. The topological polar surface area (TPSA) is 30.2 Å². The summed E-state index contributed by atoms with van der Waals surface area (Å²) in [6.45, 7) is 0. The molecule has 1 saturated carbocycles. The van der Waals surface area contributed by atoms with E-state index in [9.17, 15) is 9.18 Å². The zero-order chi connectivity index (χ0) is 14.4. The smallest absolute Gasteiger partial charge is 0.208 e. The maximum absolute atomic E-state index is 13.7. The summed E-state index contributed by atoms with van der Waals surface area (Å²) < 4.78 is 19.2. The Morgan fingerprint density at radius 3 is 2.48 bits per heavy atom. The SMILES string of the molecule is O=C(c1cc2cccc(F)c2o1)C1(c2ccccc2)CC1. The van der Waals surface area contributed by atoms with Crippen LogP contribution in [0.15, 0.2) is 59.0 Å². The van der Waals surface area contributed by atoms with Gasteiger partial charge in [-0.2, -0.15) is 0 Å². The number of ketones is 1. The lowest BCUT2D eigenvalue weighted by atomic mass is 9.90.